The first-order valence-corrected chi connectivity index (χ1v) is 11.9. The van der Waals surface area contributed by atoms with Crippen LogP contribution in [-0.2, 0) is 9.53 Å². The lowest BCUT2D eigenvalue weighted by Gasteiger charge is -2.37. The zero-order valence-corrected chi connectivity index (χ0v) is 21.7. The van der Waals surface area contributed by atoms with Crippen molar-refractivity contribution in [2.24, 2.45) is 5.92 Å². The molecule has 1 aromatic carbocycles. The molecule has 1 saturated carbocycles. The van der Waals surface area contributed by atoms with Crippen LogP contribution in [0, 0.1) is 19.8 Å². The quantitative estimate of drug-likeness (QED) is 0.509. The summed E-state index contributed by atoms with van der Waals surface area (Å²) in [5.74, 6) is 1.02. The summed E-state index contributed by atoms with van der Waals surface area (Å²) in [6.07, 6.45) is 7.49. The molecule has 2 fully saturated rings. The number of carbonyl (C=O) groups excluding carboxylic acids is 1. The molecular weight excluding hydrogens is 445 g/mol. The first-order chi connectivity index (χ1) is 14.5. The fourth-order valence-electron chi connectivity index (χ4n) is 5.00. The number of ether oxygens (including phenoxy) is 1. The molecular formula is C25H43Cl2N3O2. The van der Waals surface area contributed by atoms with Crippen molar-refractivity contribution < 1.29 is 9.53 Å². The monoisotopic (exact) mass is 487 g/mol. The maximum absolute atomic E-state index is 12.0. The van der Waals surface area contributed by atoms with E-state index < -0.39 is 0 Å². The second kappa shape index (κ2) is 15.0. The highest BCUT2D eigenvalue weighted by Crippen LogP contribution is 2.27. The van der Waals surface area contributed by atoms with E-state index in [1.54, 1.807) is 7.11 Å². The Bertz CT molecular complexity index is 653. The van der Waals surface area contributed by atoms with Crippen LogP contribution in [0.4, 0.5) is 5.69 Å². The second-order valence-electron chi connectivity index (χ2n) is 9.34. The van der Waals surface area contributed by atoms with Crippen LogP contribution in [0.15, 0.2) is 18.2 Å². The zero-order valence-electron chi connectivity index (χ0n) is 20.1. The third kappa shape index (κ3) is 9.46. The van der Waals surface area contributed by atoms with Crippen molar-refractivity contribution in [1.29, 1.82) is 0 Å². The number of aryl methyl sites for hydroxylation is 2. The summed E-state index contributed by atoms with van der Waals surface area (Å²) >= 11 is 0. The fraction of sp³-hybridized carbons (Fsp3) is 0.720. The Hall–Kier alpha value is -1.01. The number of carbonyl (C=O) groups is 1. The van der Waals surface area contributed by atoms with Crippen LogP contribution in [0.25, 0.3) is 0 Å². The van der Waals surface area contributed by atoms with Gasteiger partial charge in [0, 0.05) is 58.0 Å². The molecule has 7 heteroatoms. The number of anilines is 1. The molecule has 2 aliphatic rings. The number of rotatable bonds is 9. The van der Waals surface area contributed by atoms with Crippen LogP contribution in [0.3, 0.4) is 0 Å². The Morgan fingerprint density at radius 2 is 1.62 bits per heavy atom. The molecule has 1 heterocycles. The van der Waals surface area contributed by atoms with E-state index in [1.807, 2.05) is 0 Å². The minimum absolute atomic E-state index is 0. The Balaban J connectivity index is 0.00000256. The van der Waals surface area contributed by atoms with Crippen molar-refractivity contribution in [1.82, 2.24) is 10.2 Å². The molecule has 5 nitrogen and oxygen atoms in total. The highest BCUT2D eigenvalue weighted by Gasteiger charge is 2.24. The van der Waals surface area contributed by atoms with E-state index in [0.717, 1.165) is 38.3 Å². The molecule has 0 atom stereocenters. The van der Waals surface area contributed by atoms with Gasteiger partial charge in [-0.1, -0.05) is 6.07 Å². The van der Waals surface area contributed by atoms with Gasteiger partial charge < -0.3 is 15.0 Å². The summed E-state index contributed by atoms with van der Waals surface area (Å²) in [6.45, 7) is 10.9. The minimum atomic E-state index is 0. The Kier molecular flexibility index (Phi) is 13.6. The third-order valence-electron chi connectivity index (χ3n) is 6.76. The number of halogens is 2. The van der Waals surface area contributed by atoms with Crippen molar-refractivity contribution in [2.45, 2.75) is 64.8 Å². The molecule has 1 aliphatic carbocycles. The lowest BCUT2D eigenvalue weighted by atomic mass is 9.84. The maximum Gasteiger partial charge on any atom is 0.220 e. The molecule has 0 bridgehead atoms. The molecule has 1 N–H and O–H groups in total. The van der Waals surface area contributed by atoms with E-state index in [1.165, 1.54) is 55.7 Å². The number of hydrogen-bond acceptors (Lipinski definition) is 4. The third-order valence-corrected chi connectivity index (χ3v) is 6.76. The standard InChI is InChI=1S/C25H41N3O2.2ClH/c1-20-17-21(2)19-24(18-20)28-14-12-27(13-15-28)11-10-22-6-8-23(9-7-22)26-25(29)5-4-16-30-3;;/h17-19,22-23H,4-16H2,1-3H3,(H,26,29);2*1H. The van der Waals surface area contributed by atoms with Gasteiger partial charge in [-0.3, -0.25) is 9.69 Å². The maximum atomic E-state index is 12.0. The highest BCUT2D eigenvalue weighted by molar-refractivity contribution is 5.85. The van der Waals surface area contributed by atoms with Crippen LogP contribution in [-0.4, -0.2) is 63.3 Å². The SMILES string of the molecule is COCCCC(=O)NC1CCC(CCN2CCN(c3cc(C)cc(C)c3)CC2)CC1.Cl.Cl. The van der Waals surface area contributed by atoms with E-state index in [-0.39, 0.29) is 30.7 Å². The molecule has 1 amide bonds. The molecule has 0 aromatic heterocycles. The molecule has 0 spiro atoms. The molecule has 3 rings (SSSR count). The molecule has 1 saturated heterocycles. The van der Waals surface area contributed by atoms with Crippen LogP contribution in [0.1, 0.15) is 56.1 Å². The second-order valence-corrected chi connectivity index (χ2v) is 9.34. The zero-order chi connectivity index (χ0) is 21.3. The lowest BCUT2D eigenvalue weighted by molar-refractivity contribution is -0.122. The fourth-order valence-corrected chi connectivity index (χ4v) is 5.00. The van der Waals surface area contributed by atoms with Crippen molar-refractivity contribution in [3.8, 4) is 0 Å². The number of nitrogens with one attached hydrogen (secondary N) is 1. The van der Waals surface area contributed by atoms with E-state index in [2.05, 4.69) is 47.2 Å². The topological polar surface area (TPSA) is 44.8 Å². The molecule has 0 unspecified atom stereocenters. The minimum Gasteiger partial charge on any atom is -0.385 e. The van der Waals surface area contributed by atoms with Crippen molar-refractivity contribution in [3.05, 3.63) is 29.3 Å². The lowest BCUT2D eigenvalue weighted by Crippen LogP contribution is -2.47. The first kappa shape index (κ1) is 29.0. The van der Waals surface area contributed by atoms with Gasteiger partial charge >= 0.3 is 0 Å². The van der Waals surface area contributed by atoms with Gasteiger partial charge in [-0.2, -0.15) is 0 Å². The Labute approximate surface area is 207 Å². The largest absolute Gasteiger partial charge is 0.385 e. The van der Waals surface area contributed by atoms with Gasteiger partial charge in [0.25, 0.3) is 0 Å². The Morgan fingerprint density at radius 1 is 1.00 bits per heavy atom. The van der Waals surface area contributed by atoms with Crippen molar-refractivity contribution >= 4 is 36.4 Å². The normalized spacial score (nSPS) is 21.4. The van der Waals surface area contributed by atoms with E-state index in [4.69, 9.17) is 4.74 Å². The predicted molar refractivity (Wildman–Crippen MR) is 139 cm³/mol. The average Bonchev–Trinajstić information content (AvgIpc) is 2.73. The number of benzene rings is 1. The van der Waals surface area contributed by atoms with Gasteiger partial charge in [-0.15, -0.1) is 24.8 Å². The predicted octanol–water partition coefficient (Wildman–Crippen LogP) is 4.76. The molecule has 1 aliphatic heterocycles. The summed E-state index contributed by atoms with van der Waals surface area (Å²) in [6, 6.07) is 7.27. The van der Waals surface area contributed by atoms with Gasteiger partial charge in [0.1, 0.15) is 0 Å². The number of piperazine rings is 1. The average molecular weight is 489 g/mol. The number of methoxy groups -OCH3 is 1. The summed E-state index contributed by atoms with van der Waals surface area (Å²) in [5, 5.41) is 3.22. The van der Waals surface area contributed by atoms with Crippen LogP contribution >= 0.6 is 24.8 Å². The van der Waals surface area contributed by atoms with Crippen molar-refractivity contribution in [3.63, 3.8) is 0 Å². The molecule has 0 radical (unpaired) electrons. The van der Waals surface area contributed by atoms with E-state index in [9.17, 15) is 4.79 Å². The number of hydrogen-bond donors (Lipinski definition) is 1. The van der Waals surface area contributed by atoms with Gasteiger partial charge in [-0.05, 0) is 88.1 Å². The van der Waals surface area contributed by atoms with Gasteiger partial charge in [0.15, 0.2) is 0 Å². The summed E-state index contributed by atoms with van der Waals surface area (Å²) < 4.78 is 5.02. The summed E-state index contributed by atoms with van der Waals surface area (Å²) in [5.41, 5.74) is 4.10. The summed E-state index contributed by atoms with van der Waals surface area (Å²) in [4.78, 5) is 17.2. The highest BCUT2D eigenvalue weighted by atomic mass is 35.5. The van der Waals surface area contributed by atoms with E-state index in [0.29, 0.717) is 19.1 Å². The van der Waals surface area contributed by atoms with Crippen LogP contribution in [0.5, 0.6) is 0 Å². The van der Waals surface area contributed by atoms with Crippen LogP contribution < -0.4 is 10.2 Å². The number of amides is 1. The van der Waals surface area contributed by atoms with Crippen LogP contribution in [0.2, 0.25) is 0 Å². The number of nitrogens with zero attached hydrogens (tertiary/aromatic N) is 2. The molecule has 1 aromatic rings. The van der Waals surface area contributed by atoms with E-state index >= 15 is 0 Å². The smallest absolute Gasteiger partial charge is 0.220 e. The first-order valence-electron chi connectivity index (χ1n) is 11.9. The summed E-state index contributed by atoms with van der Waals surface area (Å²) in [7, 11) is 1.68. The Morgan fingerprint density at radius 3 is 2.22 bits per heavy atom. The molecule has 32 heavy (non-hydrogen) atoms. The van der Waals surface area contributed by atoms with Gasteiger partial charge in [-0.25, -0.2) is 0 Å². The van der Waals surface area contributed by atoms with Gasteiger partial charge in [0.2, 0.25) is 5.91 Å². The molecule has 184 valence electrons. The van der Waals surface area contributed by atoms with Gasteiger partial charge in [0.05, 0.1) is 0 Å². The van der Waals surface area contributed by atoms with Crippen molar-refractivity contribution in [2.75, 3.05) is 51.3 Å².